The summed E-state index contributed by atoms with van der Waals surface area (Å²) in [5.74, 6) is 8.99. The van der Waals surface area contributed by atoms with Gasteiger partial charge in [-0.2, -0.15) is 0 Å². The molecule has 16 nitrogen and oxygen atoms in total. The topological polar surface area (TPSA) is 224 Å². The number of nitrogens with one attached hydrogen (secondary N) is 2. The molecule has 3 aliphatic carbocycles. The van der Waals surface area contributed by atoms with E-state index in [-0.39, 0.29) is 44.6 Å². The summed E-state index contributed by atoms with van der Waals surface area (Å²) in [6, 6.07) is 37.5. The number of benzene rings is 3. The van der Waals surface area contributed by atoms with E-state index in [9.17, 15) is 8.42 Å². The van der Waals surface area contributed by atoms with Crippen LogP contribution in [-0.2, 0) is 56.5 Å². The lowest BCUT2D eigenvalue weighted by atomic mass is 9.87. The third-order valence-electron chi connectivity index (χ3n) is 22.1. The normalized spacial score (nSPS) is 17.1. The average Bonchev–Trinajstić information content (AvgIpc) is 0.832. The zero-order valence-corrected chi connectivity index (χ0v) is 107. The smallest absolute Gasteiger partial charge is 0.213 e. The van der Waals surface area contributed by atoms with Gasteiger partial charge in [-0.3, -0.25) is 9.97 Å². The van der Waals surface area contributed by atoms with Crippen LogP contribution in [0.2, 0.25) is 0 Å². The number of pyridine rings is 3. The van der Waals surface area contributed by atoms with E-state index in [1.54, 1.807) is 24.3 Å². The van der Waals surface area contributed by atoms with Crippen LogP contribution in [0.25, 0.3) is 0 Å². The minimum absolute atomic E-state index is 0.0902. The van der Waals surface area contributed by atoms with E-state index in [0.717, 1.165) is 137 Å². The summed E-state index contributed by atoms with van der Waals surface area (Å²) >= 11 is 0. The number of likely N-dealkylation sites (tertiary alicyclic amines) is 1. The van der Waals surface area contributed by atoms with Gasteiger partial charge in [-0.05, 0) is 356 Å². The van der Waals surface area contributed by atoms with E-state index in [2.05, 4.69) is 403 Å². The highest BCUT2D eigenvalue weighted by Crippen LogP contribution is 2.34. The average molecular weight is 2090 g/mol. The number of aromatic nitrogens is 3. The van der Waals surface area contributed by atoms with E-state index >= 15 is 0 Å². The molecule has 3 aromatic carbocycles. The van der Waals surface area contributed by atoms with Gasteiger partial charge in [0.15, 0.2) is 9.84 Å². The molecule has 0 spiro atoms. The van der Waals surface area contributed by atoms with Crippen molar-refractivity contribution in [1.29, 1.82) is 0 Å². The second-order valence-electron chi connectivity index (χ2n) is 54.9. The lowest BCUT2D eigenvalue weighted by Gasteiger charge is -2.33. The van der Waals surface area contributed by atoms with Crippen molar-refractivity contribution >= 4 is 9.84 Å². The Morgan fingerprint density at radius 2 is 0.709 bits per heavy atom. The first-order valence-corrected chi connectivity index (χ1v) is 59.6. The zero-order chi connectivity index (χ0) is 115. The van der Waals surface area contributed by atoms with Crippen molar-refractivity contribution < 1.29 is 32.1 Å². The molecular weight excluding hydrogens is 1840 g/mol. The summed E-state index contributed by atoms with van der Waals surface area (Å²) in [5, 5.41) is 7.12. The van der Waals surface area contributed by atoms with Crippen molar-refractivity contribution in [1.82, 2.24) is 30.5 Å². The van der Waals surface area contributed by atoms with E-state index in [0.29, 0.717) is 88.2 Å². The van der Waals surface area contributed by atoms with Crippen molar-refractivity contribution in [3.05, 3.63) is 167 Å². The van der Waals surface area contributed by atoms with Gasteiger partial charge in [-0.25, -0.2) is 13.4 Å². The fourth-order valence-corrected chi connectivity index (χ4v) is 15.0. The molecule has 1 saturated heterocycles. The Morgan fingerprint density at radius 3 is 1.01 bits per heavy atom. The number of ether oxygens (including phenoxy) is 5. The molecule has 10 rings (SSSR count). The van der Waals surface area contributed by atoms with Crippen LogP contribution < -0.4 is 46.8 Å². The molecule has 0 bridgehead atoms. The van der Waals surface area contributed by atoms with Crippen molar-refractivity contribution in [2.45, 2.75) is 530 Å². The number of sulfone groups is 1. The van der Waals surface area contributed by atoms with E-state index < -0.39 is 9.84 Å². The lowest BCUT2D eigenvalue weighted by molar-refractivity contribution is 0.00624. The first-order chi connectivity index (χ1) is 67.9. The number of rotatable bonds is 28. The lowest BCUT2D eigenvalue weighted by Crippen LogP contribution is -2.43. The maximum Gasteiger partial charge on any atom is 0.213 e. The van der Waals surface area contributed by atoms with Gasteiger partial charge < -0.3 is 56.4 Å². The maximum absolute atomic E-state index is 11.8. The molecule has 0 radical (unpaired) electrons. The Morgan fingerprint density at radius 1 is 0.385 bits per heavy atom. The highest BCUT2D eigenvalue weighted by molar-refractivity contribution is 7.91. The molecule has 8 N–H and O–H groups in total. The Bertz CT molecular complexity index is 4120. The molecule has 4 aliphatic rings. The Hall–Kier alpha value is -6.02. The van der Waals surface area contributed by atoms with Crippen LogP contribution in [0.3, 0.4) is 0 Å². The molecule has 6 aromatic rings. The predicted octanol–water partition coefficient (Wildman–Crippen LogP) is 34.2. The monoisotopic (exact) mass is 2090 g/mol. The zero-order valence-electron chi connectivity index (χ0n) is 106. The fourth-order valence-electron chi connectivity index (χ4n) is 13.6. The van der Waals surface area contributed by atoms with Crippen LogP contribution in [0.1, 0.15) is 469 Å². The summed E-state index contributed by atoms with van der Waals surface area (Å²) in [5.41, 5.74) is 28.6. The fraction of sp³-hybridized carbons (Fsp3) is 0.748. The summed E-state index contributed by atoms with van der Waals surface area (Å²) in [7, 11) is -3.13. The van der Waals surface area contributed by atoms with Crippen molar-refractivity contribution in [3.8, 4) is 23.1 Å². The Labute approximate surface area is 918 Å². The molecule has 1 aliphatic heterocycles. The van der Waals surface area contributed by atoms with E-state index in [1.807, 2.05) is 77.5 Å². The van der Waals surface area contributed by atoms with Crippen molar-refractivity contribution in [3.63, 3.8) is 0 Å². The quantitative estimate of drug-likeness (QED) is 0.0308. The largest absolute Gasteiger partial charge is 0.493 e. The third kappa shape index (κ3) is 87.3. The predicted molar refractivity (Wildman–Crippen MR) is 652 cm³/mol. The molecule has 2 atom stereocenters. The van der Waals surface area contributed by atoms with Gasteiger partial charge in [-0.15, -0.1) is 0 Å². The second-order valence-corrected chi connectivity index (χ2v) is 57.0. The van der Waals surface area contributed by atoms with Crippen molar-refractivity contribution in [2.24, 2.45) is 80.3 Å². The van der Waals surface area contributed by atoms with E-state index in [1.165, 1.54) is 90.9 Å². The van der Waals surface area contributed by atoms with Crippen LogP contribution >= 0.6 is 0 Å². The Kier molecular flexibility index (Phi) is 75.9. The molecule has 0 unspecified atom stereocenters. The summed E-state index contributed by atoms with van der Waals surface area (Å²) < 4.78 is 52.6. The molecule has 4 fully saturated rings. The van der Waals surface area contributed by atoms with Gasteiger partial charge in [0.1, 0.15) is 35.6 Å². The van der Waals surface area contributed by atoms with Gasteiger partial charge in [-0.1, -0.05) is 329 Å². The molecule has 4 heterocycles. The molecule has 3 aromatic heterocycles. The van der Waals surface area contributed by atoms with Gasteiger partial charge in [0, 0.05) is 84.9 Å². The molecular formula is C131H243N9O7S. The third-order valence-corrected chi connectivity index (χ3v) is 24.0. The summed E-state index contributed by atoms with van der Waals surface area (Å²) in [4.78, 5) is 16.2. The van der Waals surface area contributed by atoms with Crippen LogP contribution in [0.15, 0.2) is 133 Å². The standard InChI is InChI=1S/2C17H30N2.2C16H25NO.C14H29NO.C14H22O3S.C13H20N2O.5C4H10.2C2H6/c2*1-13(12-19-17(5,6)7)10-15-11-14(8-9-18-15)16(2,3)4;2*1-16(2,3)8-7-12-5-4-6-14(9-12)18-15-10-13(17)11-15;1-5-12-16-13-6-9-15(10-7-13)11-8-14(2,3)4;1-5-10-18(15,16)13-8-6-12(7-9-13)17-11-14(2,3)4;1-13(2,3)9-4-5-15-12(6-9)16-11-7-10(14)8-11;5*1-4(2)3;2*1-2/h2*8-9,11,13,19H,10,12H2,1-7H3;2*4-6,9,13,15H,7-8,10-11,17H2,1-3H3;13H,5-12H2,1-4H3;6-9H,5,10-11H2,1-4H3;4-6,10-11H,7-8,14H2,1-3H3;5*4H,1-3H3;2*1-2H3/t2*13-;;;;;;;;;;;;/m10............/s1. The molecule has 860 valence electrons. The van der Waals surface area contributed by atoms with Gasteiger partial charge >= 0.3 is 0 Å². The van der Waals surface area contributed by atoms with Gasteiger partial charge in [0.05, 0.1) is 23.4 Å². The van der Waals surface area contributed by atoms with Crippen molar-refractivity contribution in [2.75, 3.05) is 51.7 Å². The number of nitrogens with zero attached hydrogens (tertiary/aromatic N) is 4. The van der Waals surface area contributed by atoms with E-state index in [4.69, 9.17) is 40.9 Å². The van der Waals surface area contributed by atoms with Crippen LogP contribution in [0.5, 0.6) is 23.1 Å². The first kappa shape index (κ1) is 148. The van der Waals surface area contributed by atoms with Crippen LogP contribution in [0, 0.1) is 63.1 Å². The SMILES string of the molecule is CC.CC.CC(C)(C)CCc1cccc(OC2CC(N)C2)c1.CC(C)(C)CCc1cccc(OC2CC(N)C2)c1.CC(C)(C)c1ccnc(OC2CC(N)C2)c1.CC(C)C.CC(C)C.CC(C)C.CC(C)C.CC(C)C.CCCOC1CCN(CCC(C)(C)C)CC1.CCCS(=O)(=O)c1ccc(OCC(C)(C)C)cc1.C[C@@H](CNC(C)(C)C)Cc1cc(C(C)(C)C)ccn1.C[C@H](CNC(C)(C)C)Cc1cc(C(C)(C)C)ccn1. The second kappa shape index (κ2) is 75.7. The van der Waals surface area contributed by atoms with Crippen LogP contribution in [0.4, 0.5) is 0 Å². The summed E-state index contributed by atoms with van der Waals surface area (Å²) in [6.07, 6.45) is 25.2. The van der Waals surface area contributed by atoms with Crippen LogP contribution in [-0.4, -0.2) is 134 Å². The number of piperidine rings is 1. The number of hydrogen-bond acceptors (Lipinski definition) is 16. The molecule has 17 heteroatoms. The summed E-state index contributed by atoms with van der Waals surface area (Å²) in [6.45, 7) is 117. The number of nitrogens with two attached hydrogens (primary N) is 3. The minimum atomic E-state index is -3.13. The highest BCUT2D eigenvalue weighted by Gasteiger charge is 2.32. The van der Waals surface area contributed by atoms with Gasteiger partial charge in [0.2, 0.25) is 5.88 Å². The highest BCUT2D eigenvalue weighted by atomic mass is 32.2. The number of hydrogen-bond donors (Lipinski definition) is 5. The Balaban J connectivity index is -0.000000787. The minimum Gasteiger partial charge on any atom is -0.493 e. The molecule has 148 heavy (non-hydrogen) atoms. The van der Waals surface area contributed by atoms with Gasteiger partial charge in [0.25, 0.3) is 0 Å². The molecule has 3 saturated carbocycles. The first-order valence-electron chi connectivity index (χ1n) is 58.0. The maximum atomic E-state index is 11.8. The number of aryl methyl sites for hydroxylation is 2. The molecule has 0 amide bonds.